The molecule has 0 N–H and O–H groups in total. The van der Waals surface area contributed by atoms with Gasteiger partial charge in [-0.1, -0.05) is 257 Å². The Labute approximate surface area is 411 Å². The molecule has 388 valence electrons. The number of hydrogen-bond donors (Lipinski definition) is 0. The van der Waals surface area contributed by atoms with Crippen molar-refractivity contribution in [1.82, 2.24) is 0 Å². The van der Waals surface area contributed by atoms with Crippen LogP contribution in [0.3, 0.4) is 0 Å². The van der Waals surface area contributed by atoms with E-state index in [4.69, 9.17) is 14.2 Å². The van der Waals surface area contributed by atoms with Crippen molar-refractivity contribution < 1.29 is 28.6 Å². The van der Waals surface area contributed by atoms with E-state index in [0.717, 1.165) is 64.2 Å². The highest BCUT2D eigenvalue weighted by Gasteiger charge is 2.19. The molecule has 0 aromatic heterocycles. The molecule has 0 saturated carbocycles. The van der Waals surface area contributed by atoms with Gasteiger partial charge in [-0.25, -0.2) is 0 Å². The number of esters is 3. The van der Waals surface area contributed by atoms with Gasteiger partial charge in [-0.15, -0.1) is 0 Å². The second-order valence-corrected chi connectivity index (χ2v) is 19.9. The predicted molar refractivity (Wildman–Crippen MR) is 284 cm³/mol. The third-order valence-electron chi connectivity index (χ3n) is 13.2. The maximum atomic E-state index is 12.9. The van der Waals surface area contributed by atoms with Crippen molar-refractivity contribution in [3.05, 3.63) is 24.3 Å². The van der Waals surface area contributed by atoms with Crippen molar-refractivity contribution in [2.45, 2.75) is 329 Å². The average Bonchev–Trinajstić information content (AvgIpc) is 3.31. The summed E-state index contributed by atoms with van der Waals surface area (Å²) >= 11 is 0. The Kier molecular flexibility index (Phi) is 53.7. The first-order valence-corrected chi connectivity index (χ1v) is 29.3. The fourth-order valence-corrected chi connectivity index (χ4v) is 8.73. The third-order valence-corrected chi connectivity index (χ3v) is 13.2. The van der Waals surface area contributed by atoms with Gasteiger partial charge in [0.1, 0.15) is 13.2 Å². The Balaban J connectivity index is 4.34. The van der Waals surface area contributed by atoms with Crippen LogP contribution in [0.25, 0.3) is 0 Å². The minimum absolute atomic E-state index is 0.0718. The summed E-state index contributed by atoms with van der Waals surface area (Å²) in [4.78, 5) is 38.2. The molecule has 66 heavy (non-hydrogen) atoms. The summed E-state index contributed by atoms with van der Waals surface area (Å²) in [6, 6.07) is 0. The minimum Gasteiger partial charge on any atom is -0.462 e. The number of unbranched alkanes of at least 4 members (excludes halogenated alkanes) is 39. The molecule has 6 nitrogen and oxygen atoms in total. The van der Waals surface area contributed by atoms with Gasteiger partial charge in [-0.3, -0.25) is 14.4 Å². The Morgan fingerprint density at radius 2 is 0.500 bits per heavy atom. The molecule has 0 aliphatic heterocycles. The lowest BCUT2D eigenvalue weighted by Gasteiger charge is -2.18. The first kappa shape index (κ1) is 63.9. The van der Waals surface area contributed by atoms with E-state index in [9.17, 15) is 14.4 Å². The van der Waals surface area contributed by atoms with E-state index in [2.05, 4.69) is 45.1 Å². The van der Waals surface area contributed by atoms with Crippen LogP contribution in [0.5, 0.6) is 0 Å². The summed E-state index contributed by atoms with van der Waals surface area (Å²) in [7, 11) is 0. The molecule has 0 aromatic carbocycles. The van der Waals surface area contributed by atoms with E-state index < -0.39 is 6.10 Å². The number of ether oxygens (including phenoxy) is 3. The van der Waals surface area contributed by atoms with Gasteiger partial charge < -0.3 is 14.2 Å². The van der Waals surface area contributed by atoms with Crippen molar-refractivity contribution in [2.75, 3.05) is 13.2 Å². The number of allylic oxidation sites excluding steroid dienone is 4. The summed E-state index contributed by atoms with van der Waals surface area (Å²) in [5.74, 6) is -0.863. The zero-order valence-corrected chi connectivity index (χ0v) is 44.5. The summed E-state index contributed by atoms with van der Waals surface area (Å²) in [6.07, 6.45) is 64.5. The molecule has 0 unspecified atom stereocenters. The van der Waals surface area contributed by atoms with Crippen LogP contribution in [0.2, 0.25) is 0 Å². The molecular formula is C60H112O6. The lowest BCUT2D eigenvalue weighted by molar-refractivity contribution is -0.167. The largest absolute Gasteiger partial charge is 0.462 e. The second-order valence-electron chi connectivity index (χ2n) is 19.9. The van der Waals surface area contributed by atoms with E-state index in [0.29, 0.717) is 19.3 Å². The van der Waals surface area contributed by atoms with Gasteiger partial charge in [-0.05, 0) is 70.6 Å². The van der Waals surface area contributed by atoms with E-state index in [-0.39, 0.29) is 31.1 Å². The molecule has 0 bridgehead atoms. The van der Waals surface area contributed by atoms with E-state index in [1.54, 1.807) is 0 Å². The summed E-state index contributed by atoms with van der Waals surface area (Å²) < 4.78 is 16.9. The molecule has 0 aliphatic rings. The summed E-state index contributed by atoms with van der Waals surface area (Å²) in [5, 5.41) is 0. The Morgan fingerprint density at radius 3 is 0.758 bits per heavy atom. The monoisotopic (exact) mass is 929 g/mol. The van der Waals surface area contributed by atoms with Gasteiger partial charge in [0.15, 0.2) is 6.10 Å². The van der Waals surface area contributed by atoms with Crippen molar-refractivity contribution in [1.29, 1.82) is 0 Å². The number of carbonyl (C=O) groups is 3. The van der Waals surface area contributed by atoms with Crippen LogP contribution in [0, 0.1) is 0 Å². The van der Waals surface area contributed by atoms with Crippen molar-refractivity contribution >= 4 is 17.9 Å². The minimum atomic E-state index is -0.772. The maximum absolute atomic E-state index is 12.9. The van der Waals surface area contributed by atoms with Crippen molar-refractivity contribution in [2.24, 2.45) is 0 Å². The van der Waals surface area contributed by atoms with Crippen LogP contribution in [0.4, 0.5) is 0 Å². The van der Waals surface area contributed by atoms with Gasteiger partial charge in [0.05, 0.1) is 0 Å². The predicted octanol–water partition coefficient (Wildman–Crippen LogP) is 19.5. The summed E-state index contributed by atoms with van der Waals surface area (Å²) in [5.41, 5.74) is 0. The number of carbonyl (C=O) groups excluding carboxylic acids is 3. The average molecular weight is 930 g/mol. The molecule has 6 heteroatoms. The fraction of sp³-hybridized carbons (Fsp3) is 0.883. The first-order valence-electron chi connectivity index (χ1n) is 29.3. The second kappa shape index (κ2) is 55.5. The molecule has 0 heterocycles. The molecule has 0 fully saturated rings. The van der Waals surface area contributed by atoms with Crippen LogP contribution in [0.15, 0.2) is 24.3 Å². The molecular weight excluding hydrogens is 817 g/mol. The molecule has 0 spiro atoms. The van der Waals surface area contributed by atoms with Gasteiger partial charge in [0.25, 0.3) is 0 Å². The normalized spacial score (nSPS) is 12.1. The number of rotatable bonds is 54. The zero-order valence-electron chi connectivity index (χ0n) is 44.5. The van der Waals surface area contributed by atoms with E-state index in [1.165, 1.54) is 218 Å². The molecule has 0 aromatic rings. The lowest BCUT2D eigenvalue weighted by atomic mass is 10.0. The third kappa shape index (κ3) is 52.9. The Bertz CT molecular complexity index is 1070. The maximum Gasteiger partial charge on any atom is 0.306 e. The fourth-order valence-electron chi connectivity index (χ4n) is 8.73. The van der Waals surface area contributed by atoms with E-state index >= 15 is 0 Å². The highest BCUT2D eigenvalue weighted by Crippen LogP contribution is 2.17. The molecule has 0 radical (unpaired) electrons. The molecule has 0 amide bonds. The number of hydrogen-bond acceptors (Lipinski definition) is 6. The Morgan fingerprint density at radius 1 is 0.288 bits per heavy atom. The molecule has 0 aliphatic carbocycles. The van der Waals surface area contributed by atoms with Crippen LogP contribution >= 0.6 is 0 Å². The molecule has 1 atom stereocenters. The highest BCUT2D eigenvalue weighted by atomic mass is 16.6. The molecule has 0 saturated heterocycles. The smallest absolute Gasteiger partial charge is 0.306 e. The van der Waals surface area contributed by atoms with Gasteiger partial charge in [0.2, 0.25) is 0 Å². The topological polar surface area (TPSA) is 78.9 Å². The van der Waals surface area contributed by atoms with E-state index in [1.807, 2.05) is 0 Å². The SMILES string of the molecule is CCCCCCCC/C=C\CCCCCCCCCC(=O)OC[C@@H](COC(=O)CCCCCCC/C=C\CCCCCCCC)OC(=O)CCCCCCCCCCCCCCCCCC. The first-order chi connectivity index (χ1) is 32.5. The quantitative estimate of drug-likeness (QED) is 0.0262. The van der Waals surface area contributed by atoms with Crippen molar-refractivity contribution in [3.8, 4) is 0 Å². The van der Waals surface area contributed by atoms with Gasteiger partial charge in [0, 0.05) is 19.3 Å². The zero-order chi connectivity index (χ0) is 47.9. The van der Waals surface area contributed by atoms with Crippen LogP contribution in [0.1, 0.15) is 323 Å². The highest BCUT2D eigenvalue weighted by molar-refractivity contribution is 5.71. The van der Waals surface area contributed by atoms with Crippen LogP contribution in [-0.2, 0) is 28.6 Å². The summed E-state index contributed by atoms with van der Waals surface area (Å²) in [6.45, 7) is 6.67. The van der Waals surface area contributed by atoms with Crippen LogP contribution < -0.4 is 0 Å². The lowest BCUT2D eigenvalue weighted by Crippen LogP contribution is -2.30. The molecule has 0 rings (SSSR count). The standard InChI is InChI=1S/C60H112O6/c1-4-7-10-13-16-19-22-25-28-30-33-35-38-41-44-47-50-53-59(62)65-56-57(55-64-58(61)52-49-46-43-40-37-34-31-27-24-21-18-15-12-9-6-3)66-60(63)54-51-48-45-42-39-36-32-29-26-23-20-17-14-11-8-5-2/h25,27-28,31,57H,4-24,26,29-30,32-56H2,1-3H3/b28-25-,31-27-/t57-/m1/s1. The van der Waals surface area contributed by atoms with Crippen molar-refractivity contribution in [3.63, 3.8) is 0 Å². The van der Waals surface area contributed by atoms with Crippen LogP contribution in [-0.4, -0.2) is 37.2 Å². The Hall–Kier alpha value is -2.11. The van der Waals surface area contributed by atoms with Gasteiger partial charge in [-0.2, -0.15) is 0 Å². The van der Waals surface area contributed by atoms with Gasteiger partial charge >= 0.3 is 17.9 Å².